The lowest BCUT2D eigenvalue weighted by Crippen LogP contribution is -2.35. The predicted octanol–water partition coefficient (Wildman–Crippen LogP) is 1.73. The quantitative estimate of drug-likeness (QED) is 0.850. The smallest absolute Gasteiger partial charge is 0.239 e. The molecule has 0 fully saturated rings. The fourth-order valence-corrected chi connectivity index (χ4v) is 2.28. The van der Waals surface area contributed by atoms with Gasteiger partial charge in [0.2, 0.25) is 5.91 Å². The van der Waals surface area contributed by atoms with Crippen molar-refractivity contribution in [2.45, 2.75) is 32.4 Å². The highest BCUT2D eigenvalue weighted by Crippen LogP contribution is 2.21. The number of hydrogen-bond donors (Lipinski definition) is 2. The Morgan fingerprint density at radius 3 is 2.73 bits per heavy atom. The monoisotopic (exact) mass is 305 g/mol. The Morgan fingerprint density at radius 2 is 2.18 bits per heavy atom. The third-order valence-corrected chi connectivity index (χ3v) is 3.34. The number of primary amides is 1. The van der Waals surface area contributed by atoms with E-state index < -0.39 is 17.8 Å². The van der Waals surface area contributed by atoms with Crippen molar-refractivity contribution in [3.8, 4) is 0 Å². The Bertz CT molecular complexity index is 655. The Balaban J connectivity index is 2.19. The van der Waals surface area contributed by atoms with Crippen molar-refractivity contribution >= 4 is 5.91 Å². The number of benzene rings is 1. The van der Waals surface area contributed by atoms with Crippen LogP contribution in [0.2, 0.25) is 0 Å². The van der Waals surface area contributed by atoms with E-state index in [0.29, 0.717) is 23.8 Å². The SMILES string of the molecule is CC(C)c1n[nH]c(CN(C)[C@@H](C(N)=O)c2cccc(F)c2)n1. The summed E-state index contributed by atoms with van der Waals surface area (Å²) in [5, 5.41) is 6.97. The van der Waals surface area contributed by atoms with Gasteiger partial charge in [0.1, 0.15) is 17.7 Å². The molecule has 2 rings (SSSR count). The summed E-state index contributed by atoms with van der Waals surface area (Å²) in [7, 11) is 1.73. The number of aromatic nitrogens is 3. The van der Waals surface area contributed by atoms with E-state index in [-0.39, 0.29) is 5.92 Å². The van der Waals surface area contributed by atoms with Gasteiger partial charge in [-0.05, 0) is 24.7 Å². The minimum atomic E-state index is -0.733. The van der Waals surface area contributed by atoms with Crippen LogP contribution >= 0.6 is 0 Å². The number of aromatic amines is 1. The number of likely N-dealkylation sites (N-methyl/N-ethyl adjacent to an activating group) is 1. The largest absolute Gasteiger partial charge is 0.368 e. The van der Waals surface area contributed by atoms with Gasteiger partial charge < -0.3 is 5.73 Å². The minimum absolute atomic E-state index is 0.213. The van der Waals surface area contributed by atoms with Crippen LogP contribution in [0.15, 0.2) is 24.3 Å². The second-order valence-corrected chi connectivity index (χ2v) is 5.57. The predicted molar refractivity (Wildman–Crippen MR) is 80.3 cm³/mol. The molecule has 0 aliphatic rings. The van der Waals surface area contributed by atoms with Crippen LogP contribution in [0.4, 0.5) is 4.39 Å². The van der Waals surface area contributed by atoms with Crippen LogP contribution in [0.3, 0.4) is 0 Å². The maximum absolute atomic E-state index is 13.4. The molecule has 0 aliphatic carbocycles. The van der Waals surface area contributed by atoms with Gasteiger partial charge >= 0.3 is 0 Å². The van der Waals surface area contributed by atoms with Crippen molar-refractivity contribution in [1.29, 1.82) is 0 Å². The van der Waals surface area contributed by atoms with Gasteiger partial charge in [-0.3, -0.25) is 14.8 Å². The average Bonchev–Trinajstić information content (AvgIpc) is 2.87. The first-order valence-electron chi connectivity index (χ1n) is 7.04. The molecule has 1 heterocycles. The maximum atomic E-state index is 13.4. The van der Waals surface area contributed by atoms with Gasteiger partial charge in [-0.2, -0.15) is 5.10 Å². The molecule has 22 heavy (non-hydrogen) atoms. The Morgan fingerprint density at radius 1 is 1.45 bits per heavy atom. The van der Waals surface area contributed by atoms with Crippen LogP contribution in [0.25, 0.3) is 0 Å². The molecule has 0 bridgehead atoms. The molecule has 0 aliphatic heterocycles. The van der Waals surface area contributed by atoms with Crippen LogP contribution in [0.5, 0.6) is 0 Å². The molecule has 0 saturated carbocycles. The van der Waals surface area contributed by atoms with E-state index in [0.717, 1.165) is 0 Å². The molecule has 1 atom stereocenters. The summed E-state index contributed by atoms with van der Waals surface area (Å²) < 4.78 is 13.4. The topological polar surface area (TPSA) is 87.9 Å². The van der Waals surface area contributed by atoms with Crippen molar-refractivity contribution in [3.63, 3.8) is 0 Å². The van der Waals surface area contributed by atoms with Gasteiger partial charge in [0, 0.05) is 5.92 Å². The number of carbonyl (C=O) groups excluding carboxylic acids is 1. The Hall–Kier alpha value is -2.28. The van der Waals surface area contributed by atoms with E-state index in [4.69, 9.17) is 5.73 Å². The highest BCUT2D eigenvalue weighted by Gasteiger charge is 2.24. The fraction of sp³-hybridized carbons (Fsp3) is 0.400. The van der Waals surface area contributed by atoms with Gasteiger partial charge in [-0.1, -0.05) is 26.0 Å². The molecule has 3 N–H and O–H groups in total. The standard InChI is InChI=1S/C15H20FN5O/c1-9(2)15-18-12(19-20-15)8-21(3)13(14(17)22)10-5-4-6-11(16)7-10/h4-7,9,13H,8H2,1-3H3,(H2,17,22)(H,18,19,20)/t13-/m1/s1. The third-order valence-electron chi connectivity index (χ3n) is 3.34. The second kappa shape index (κ2) is 6.65. The summed E-state index contributed by atoms with van der Waals surface area (Å²) in [6.07, 6.45) is 0. The molecule has 0 saturated heterocycles. The van der Waals surface area contributed by atoms with Gasteiger partial charge in [0.05, 0.1) is 6.54 Å². The van der Waals surface area contributed by atoms with Crippen molar-refractivity contribution in [2.75, 3.05) is 7.05 Å². The lowest BCUT2D eigenvalue weighted by atomic mass is 10.0. The minimum Gasteiger partial charge on any atom is -0.368 e. The molecule has 118 valence electrons. The van der Waals surface area contributed by atoms with Crippen LogP contribution in [0.1, 0.15) is 43.0 Å². The number of nitrogens with zero attached hydrogens (tertiary/aromatic N) is 3. The Kier molecular flexibility index (Phi) is 4.87. The molecule has 0 radical (unpaired) electrons. The molecule has 7 heteroatoms. The number of rotatable bonds is 6. The van der Waals surface area contributed by atoms with Crippen molar-refractivity contribution < 1.29 is 9.18 Å². The molecule has 6 nitrogen and oxygen atoms in total. The lowest BCUT2D eigenvalue weighted by molar-refractivity contribution is -0.123. The third kappa shape index (κ3) is 3.67. The van der Waals surface area contributed by atoms with Gasteiger partial charge in [0.15, 0.2) is 5.82 Å². The van der Waals surface area contributed by atoms with Gasteiger partial charge in [0.25, 0.3) is 0 Å². The van der Waals surface area contributed by atoms with E-state index in [1.165, 1.54) is 12.1 Å². The summed E-state index contributed by atoms with van der Waals surface area (Å²) in [5.41, 5.74) is 5.99. The van der Waals surface area contributed by atoms with Crippen LogP contribution < -0.4 is 5.73 Å². The summed E-state index contributed by atoms with van der Waals surface area (Å²) in [4.78, 5) is 17.8. The first-order chi connectivity index (χ1) is 10.4. The van der Waals surface area contributed by atoms with Crippen molar-refractivity contribution in [1.82, 2.24) is 20.1 Å². The average molecular weight is 305 g/mol. The lowest BCUT2D eigenvalue weighted by Gasteiger charge is -2.24. The summed E-state index contributed by atoms with van der Waals surface area (Å²) in [5.74, 6) is 0.611. The van der Waals surface area contributed by atoms with Crippen LogP contribution in [-0.2, 0) is 11.3 Å². The summed E-state index contributed by atoms with van der Waals surface area (Å²) in [6, 6.07) is 5.14. The first kappa shape index (κ1) is 16.1. The van der Waals surface area contributed by atoms with E-state index in [9.17, 15) is 9.18 Å². The normalized spacial score (nSPS) is 12.8. The molecule has 1 aromatic carbocycles. The zero-order chi connectivity index (χ0) is 16.3. The van der Waals surface area contributed by atoms with E-state index >= 15 is 0 Å². The highest BCUT2D eigenvalue weighted by atomic mass is 19.1. The second-order valence-electron chi connectivity index (χ2n) is 5.57. The fourth-order valence-electron chi connectivity index (χ4n) is 2.28. The molecule has 2 aromatic rings. The van der Waals surface area contributed by atoms with Gasteiger partial charge in [-0.15, -0.1) is 0 Å². The van der Waals surface area contributed by atoms with Gasteiger partial charge in [-0.25, -0.2) is 9.37 Å². The molecule has 1 aromatic heterocycles. The van der Waals surface area contributed by atoms with E-state index in [1.54, 1.807) is 24.1 Å². The highest BCUT2D eigenvalue weighted by molar-refractivity contribution is 5.81. The van der Waals surface area contributed by atoms with Crippen LogP contribution in [0, 0.1) is 5.82 Å². The maximum Gasteiger partial charge on any atom is 0.239 e. The van der Waals surface area contributed by atoms with Crippen molar-refractivity contribution in [3.05, 3.63) is 47.3 Å². The zero-order valence-corrected chi connectivity index (χ0v) is 12.9. The molecule has 0 spiro atoms. The number of nitrogens with two attached hydrogens (primary N) is 1. The van der Waals surface area contributed by atoms with Crippen molar-refractivity contribution in [2.24, 2.45) is 5.73 Å². The molecule has 1 amide bonds. The van der Waals surface area contributed by atoms with E-state index in [2.05, 4.69) is 15.2 Å². The number of H-pyrrole nitrogens is 1. The zero-order valence-electron chi connectivity index (χ0n) is 12.9. The number of halogens is 1. The number of amides is 1. The molecule has 0 unspecified atom stereocenters. The Labute approximate surface area is 128 Å². The molecular weight excluding hydrogens is 285 g/mol. The number of carbonyl (C=O) groups is 1. The molecular formula is C15H20FN5O. The number of nitrogens with one attached hydrogen (secondary N) is 1. The summed E-state index contributed by atoms with van der Waals surface area (Å²) >= 11 is 0. The summed E-state index contributed by atoms with van der Waals surface area (Å²) in [6.45, 7) is 4.34. The number of hydrogen-bond acceptors (Lipinski definition) is 4. The van der Waals surface area contributed by atoms with E-state index in [1.807, 2.05) is 13.8 Å². The first-order valence-corrected chi connectivity index (χ1v) is 7.04. The van der Waals surface area contributed by atoms with Crippen LogP contribution in [-0.4, -0.2) is 33.0 Å².